The number of Topliss-reactive ketones (excluding diaryl/α,β-unsaturated/α-hetero) is 1. The lowest BCUT2D eigenvalue weighted by Crippen LogP contribution is -2.39. The fourth-order valence-electron chi connectivity index (χ4n) is 4.82. The van der Waals surface area contributed by atoms with E-state index in [4.69, 9.17) is 5.73 Å². The van der Waals surface area contributed by atoms with Crippen LogP contribution in [0.2, 0.25) is 0 Å². The number of carbonyl (C=O) groups is 1. The van der Waals surface area contributed by atoms with Crippen LogP contribution in [0.5, 0.6) is 0 Å². The number of likely N-dealkylation sites (tertiary alicyclic amines) is 1. The maximum Gasteiger partial charge on any atom is 0.141 e. The summed E-state index contributed by atoms with van der Waals surface area (Å²) in [6.07, 6.45) is 6.95. The highest BCUT2D eigenvalue weighted by Crippen LogP contribution is 2.29. The van der Waals surface area contributed by atoms with Crippen molar-refractivity contribution in [3.63, 3.8) is 0 Å². The van der Waals surface area contributed by atoms with Gasteiger partial charge in [-0.15, -0.1) is 0 Å². The zero-order chi connectivity index (χ0) is 23.3. The summed E-state index contributed by atoms with van der Waals surface area (Å²) < 4.78 is 0. The fourth-order valence-corrected chi connectivity index (χ4v) is 4.82. The molecule has 0 atom stereocenters. The molecule has 34 heavy (non-hydrogen) atoms. The number of fused-ring (bicyclic) bond motifs is 1. The van der Waals surface area contributed by atoms with E-state index in [1.165, 1.54) is 10.9 Å². The van der Waals surface area contributed by atoms with Crippen LogP contribution in [0.4, 0.5) is 0 Å². The molecule has 0 amide bonds. The van der Waals surface area contributed by atoms with Crippen molar-refractivity contribution in [3.8, 4) is 11.1 Å². The van der Waals surface area contributed by atoms with Gasteiger partial charge in [0.1, 0.15) is 5.78 Å². The second-order valence-electron chi connectivity index (χ2n) is 9.43. The lowest BCUT2D eigenvalue weighted by molar-refractivity contribution is -0.117. The van der Waals surface area contributed by atoms with Crippen LogP contribution in [-0.2, 0) is 24.2 Å². The van der Waals surface area contributed by atoms with Crippen LogP contribution in [-0.4, -0.2) is 34.8 Å². The van der Waals surface area contributed by atoms with E-state index in [9.17, 15) is 4.79 Å². The van der Waals surface area contributed by atoms with Gasteiger partial charge in [-0.2, -0.15) is 0 Å². The van der Waals surface area contributed by atoms with E-state index < -0.39 is 0 Å². The number of hydrogen-bond acceptors (Lipinski definition) is 4. The first kappa shape index (κ1) is 22.5. The largest absolute Gasteiger partial charge is 0.328 e. The number of pyridine rings is 1. The van der Waals surface area contributed by atoms with Crippen molar-refractivity contribution in [1.82, 2.24) is 9.88 Å². The summed E-state index contributed by atoms with van der Waals surface area (Å²) >= 11 is 0. The number of nitrogens with two attached hydrogens (primary N) is 1. The third kappa shape index (κ3) is 5.41. The highest BCUT2D eigenvalue weighted by Gasteiger charge is 2.16. The van der Waals surface area contributed by atoms with Gasteiger partial charge in [-0.05, 0) is 59.6 Å². The summed E-state index contributed by atoms with van der Waals surface area (Å²) in [5.74, 6) is 0.231. The molecule has 1 aromatic heterocycles. The molecule has 0 radical (unpaired) electrons. The smallest absolute Gasteiger partial charge is 0.141 e. The zero-order valence-corrected chi connectivity index (χ0v) is 19.5. The first-order valence-electron chi connectivity index (χ1n) is 12.1. The number of benzene rings is 3. The molecule has 0 aliphatic carbocycles. The Kier molecular flexibility index (Phi) is 6.79. The van der Waals surface area contributed by atoms with Crippen molar-refractivity contribution >= 4 is 16.6 Å². The summed E-state index contributed by atoms with van der Waals surface area (Å²) in [7, 11) is 0. The molecule has 0 bridgehead atoms. The lowest BCUT2D eigenvalue weighted by atomic mass is 9.96. The van der Waals surface area contributed by atoms with Gasteiger partial charge in [-0.25, -0.2) is 0 Å². The number of carbonyl (C=O) groups excluding carboxylic acids is 1. The first-order valence-corrected chi connectivity index (χ1v) is 12.1. The van der Waals surface area contributed by atoms with Gasteiger partial charge in [0.05, 0.1) is 0 Å². The number of aromatic nitrogens is 1. The quantitative estimate of drug-likeness (QED) is 0.422. The normalized spacial score (nSPS) is 15.0. The van der Waals surface area contributed by atoms with Crippen LogP contribution in [0.3, 0.4) is 0 Å². The van der Waals surface area contributed by atoms with Gasteiger partial charge in [-0.3, -0.25) is 14.7 Å². The average molecular weight is 450 g/mol. The maximum absolute atomic E-state index is 12.5. The van der Waals surface area contributed by atoms with E-state index in [0.29, 0.717) is 18.9 Å². The second-order valence-corrected chi connectivity index (χ2v) is 9.43. The molecule has 3 aromatic carbocycles. The molecule has 1 fully saturated rings. The summed E-state index contributed by atoms with van der Waals surface area (Å²) in [5, 5.41) is 2.36. The standard InChI is InChI=1S/C30H31N3O/c31-27-12-14-33(15-13-27)21-24-8-11-26-19-32-20-30(29(26)18-24)25-9-6-23(7-10-25)17-28(34)16-22-4-2-1-3-5-22/h1-11,18-20,27H,12-17,21,31H2. The minimum atomic E-state index is 0.231. The Balaban J connectivity index is 1.32. The summed E-state index contributed by atoms with van der Waals surface area (Å²) in [6, 6.07) is 25.3. The van der Waals surface area contributed by atoms with E-state index in [0.717, 1.165) is 60.1 Å². The highest BCUT2D eigenvalue weighted by molar-refractivity contribution is 5.96. The molecule has 0 unspecified atom stereocenters. The number of ketones is 1. The molecule has 1 saturated heterocycles. The minimum absolute atomic E-state index is 0.231. The Morgan fingerprint density at radius 3 is 2.26 bits per heavy atom. The van der Waals surface area contributed by atoms with Crippen LogP contribution in [0.25, 0.3) is 21.9 Å². The summed E-state index contributed by atoms with van der Waals surface area (Å²) in [5.41, 5.74) is 11.7. The van der Waals surface area contributed by atoms with Crippen molar-refractivity contribution in [2.75, 3.05) is 13.1 Å². The molecule has 1 aliphatic heterocycles. The van der Waals surface area contributed by atoms with Crippen LogP contribution >= 0.6 is 0 Å². The van der Waals surface area contributed by atoms with Gasteiger partial charge in [0.2, 0.25) is 0 Å². The Morgan fingerprint density at radius 2 is 1.53 bits per heavy atom. The molecule has 2 heterocycles. The number of rotatable bonds is 7. The molecule has 0 saturated carbocycles. The van der Waals surface area contributed by atoms with Gasteiger partial charge in [0.25, 0.3) is 0 Å². The van der Waals surface area contributed by atoms with E-state index in [-0.39, 0.29) is 5.78 Å². The van der Waals surface area contributed by atoms with Crippen molar-refractivity contribution in [2.24, 2.45) is 5.73 Å². The molecule has 4 nitrogen and oxygen atoms in total. The van der Waals surface area contributed by atoms with Crippen molar-refractivity contribution in [1.29, 1.82) is 0 Å². The third-order valence-electron chi connectivity index (χ3n) is 6.77. The number of hydrogen-bond donors (Lipinski definition) is 1. The monoisotopic (exact) mass is 449 g/mol. The molecule has 5 rings (SSSR count). The first-order chi connectivity index (χ1) is 16.6. The third-order valence-corrected chi connectivity index (χ3v) is 6.77. The molecule has 4 heteroatoms. The Bertz CT molecular complexity index is 1260. The van der Waals surface area contributed by atoms with E-state index in [1.54, 1.807) is 0 Å². The predicted molar refractivity (Wildman–Crippen MR) is 139 cm³/mol. The molecular weight excluding hydrogens is 418 g/mol. The van der Waals surface area contributed by atoms with E-state index >= 15 is 0 Å². The Labute approximate surface area is 201 Å². The van der Waals surface area contributed by atoms with Gasteiger partial charge >= 0.3 is 0 Å². The molecular formula is C30H31N3O. The number of nitrogens with zero attached hydrogens (tertiary/aromatic N) is 2. The van der Waals surface area contributed by atoms with Crippen LogP contribution in [0.1, 0.15) is 29.5 Å². The topological polar surface area (TPSA) is 59.2 Å². The SMILES string of the molecule is NC1CCN(Cc2ccc3cncc(-c4ccc(CC(=O)Cc5ccccc5)cc4)c3c2)CC1. The van der Waals surface area contributed by atoms with Gasteiger partial charge in [0, 0.05) is 48.8 Å². The maximum atomic E-state index is 12.5. The van der Waals surface area contributed by atoms with Gasteiger partial charge < -0.3 is 5.73 Å². The van der Waals surface area contributed by atoms with Crippen LogP contribution < -0.4 is 5.73 Å². The van der Waals surface area contributed by atoms with E-state index in [1.807, 2.05) is 42.7 Å². The molecule has 4 aromatic rings. The predicted octanol–water partition coefficient (Wildman–Crippen LogP) is 5.18. The minimum Gasteiger partial charge on any atom is -0.328 e. The fraction of sp³-hybridized carbons (Fsp3) is 0.267. The zero-order valence-electron chi connectivity index (χ0n) is 19.5. The average Bonchev–Trinajstić information content (AvgIpc) is 2.86. The Hall–Kier alpha value is -3.34. The van der Waals surface area contributed by atoms with E-state index in [2.05, 4.69) is 52.3 Å². The van der Waals surface area contributed by atoms with Crippen LogP contribution in [0.15, 0.2) is 85.2 Å². The van der Waals surface area contributed by atoms with Crippen molar-refractivity contribution < 1.29 is 4.79 Å². The second kappa shape index (κ2) is 10.3. The lowest BCUT2D eigenvalue weighted by Gasteiger charge is -2.30. The molecule has 2 N–H and O–H groups in total. The summed E-state index contributed by atoms with van der Waals surface area (Å²) in [6.45, 7) is 3.08. The molecule has 1 aliphatic rings. The Morgan fingerprint density at radius 1 is 0.853 bits per heavy atom. The van der Waals surface area contributed by atoms with Crippen LogP contribution in [0, 0.1) is 0 Å². The van der Waals surface area contributed by atoms with Crippen molar-refractivity contribution in [2.45, 2.75) is 38.3 Å². The van der Waals surface area contributed by atoms with Crippen molar-refractivity contribution in [3.05, 3.63) is 102 Å². The number of piperidine rings is 1. The van der Waals surface area contributed by atoms with Gasteiger partial charge in [-0.1, -0.05) is 66.7 Å². The summed E-state index contributed by atoms with van der Waals surface area (Å²) in [4.78, 5) is 19.5. The molecule has 172 valence electrons. The molecule has 0 spiro atoms. The highest BCUT2D eigenvalue weighted by atomic mass is 16.1. The van der Waals surface area contributed by atoms with Gasteiger partial charge in [0.15, 0.2) is 0 Å².